The van der Waals surface area contributed by atoms with E-state index in [0.717, 1.165) is 21.9 Å². The Hall–Kier alpha value is -1.53. The Morgan fingerprint density at radius 3 is 2.83 bits per heavy atom. The quantitative estimate of drug-likeness (QED) is 0.749. The SMILES string of the molecule is CC(=O)N1CCN(c2nc3ccccc3s2)C1=S. The maximum atomic E-state index is 11.4. The maximum absolute atomic E-state index is 11.4. The minimum atomic E-state index is -0.0105. The van der Waals surface area contributed by atoms with E-state index in [0.29, 0.717) is 11.7 Å². The van der Waals surface area contributed by atoms with Crippen LogP contribution >= 0.6 is 23.6 Å². The third-order valence-corrected chi connectivity index (χ3v) is 4.40. The minimum Gasteiger partial charge on any atom is -0.292 e. The van der Waals surface area contributed by atoms with Gasteiger partial charge in [-0.3, -0.25) is 14.6 Å². The Balaban J connectivity index is 1.96. The standard InChI is InChI=1S/C12H11N3OS2/c1-8(16)14-6-7-15(12(14)17)11-13-9-4-2-3-5-10(9)18-11/h2-5H,6-7H2,1H3. The number of aromatic nitrogens is 1. The van der Waals surface area contributed by atoms with Crippen LogP contribution in [0.1, 0.15) is 6.92 Å². The van der Waals surface area contributed by atoms with Crippen LogP contribution in [0.5, 0.6) is 0 Å². The van der Waals surface area contributed by atoms with Gasteiger partial charge in [0.15, 0.2) is 10.2 Å². The molecule has 6 heteroatoms. The van der Waals surface area contributed by atoms with Crippen molar-refractivity contribution < 1.29 is 4.79 Å². The first-order valence-corrected chi connectivity index (χ1v) is 6.84. The van der Waals surface area contributed by atoms with Gasteiger partial charge in [0.25, 0.3) is 0 Å². The zero-order valence-electron chi connectivity index (χ0n) is 9.79. The molecule has 0 N–H and O–H groups in total. The average Bonchev–Trinajstić information content (AvgIpc) is 2.91. The molecule has 3 rings (SSSR count). The van der Waals surface area contributed by atoms with Crippen LogP contribution in [0.3, 0.4) is 0 Å². The largest absolute Gasteiger partial charge is 0.292 e. The zero-order chi connectivity index (χ0) is 12.7. The first-order chi connectivity index (χ1) is 8.66. The number of rotatable bonds is 1. The number of fused-ring (bicyclic) bond motifs is 1. The number of carbonyl (C=O) groups excluding carboxylic acids is 1. The molecular weight excluding hydrogens is 266 g/mol. The van der Waals surface area contributed by atoms with Gasteiger partial charge in [-0.2, -0.15) is 0 Å². The number of hydrogen-bond acceptors (Lipinski definition) is 4. The summed E-state index contributed by atoms with van der Waals surface area (Å²) in [6, 6.07) is 7.99. The molecule has 1 aliphatic rings. The molecule has 2 aromatic rings. The Kier molecular flexibility index (Phi) is 2.76. The van der Waals surface area contributed by atoms with Gasteiger partial charge in [0.05, 0.1) is 10.2 Å². The van der Waals surface area contributed by atoms with Gasteiger partial charge in [-0.15, -0.1) is 0 Å². The first kappa shape index (κ1) is 11.6. The van der Waals surface area contributed by atoms with E-state index in [2.05, 4.69) is 4.98 Å². The average molecular weight is 277 g/mol. The summed E-state index contributed by atoms with van der Waals surface area (Å²) in [6.45, 7) is 2.90. The first-order valence-electron chi connectivity index (χ1n) is 5.62. The third-order valence-electron chi connectivity index (χ3n) is 2.90. The van der Waals surface area contributed by atoms with Crippen LogP contribution < -0.4 is 4.90 Å². The van der Waals surface area contributed by atoms with E-state index in [1.165, 1.54) is 6.92 Å². The molecule has 0 atom stereocenters. The molecule has 1 fully saturated rings. The van der Waals surface area contributed by atoms with Crippen molar-refractivity contribution in [3.63, 3.8) is 0 Å². The van der Waals surface area contributed by atoms with Crippen molar-refractivity contribution in [3.05, 3.63) is 24.3 Å². The number of carbonyl (C=O) groups is 1. The Bertz CT molecular complexity index is 604. The fourth-order valence-electron chi connectivity index (χ4n) is 1.98. The van der Waals surface area contributed by atoms with Crippen LogP contribution in [0.4, 0.5) is 5.13 Å². The summed E-state index contributed by atoms with van der Waals surface area (Å²) in [5.74, 6) is -0.0105. The topological polar surface area (TPSA) is 36.4 Å². The molecule has 0 aliphatic carbocycles. The van der Waals surface area contributed by atoms with Crippen LogP contribution in [0, 0.1) is 0 Å². The molecule has 4 nitrogen and oxygen atoms in total. The number of anilines is 1. The van der Waals surface area contributed by atoms with Gasteiger partial charge in [0, 0.05) is 20.0 Å². The molecule has 0 radical (unpaired) electrons. The molecule has 0 saturated carbocycles. The fraction of sp³-hybridized carbons (Fsp3) is 0.250. The highest BCUT2D eigenvalue weighted by Gasteiger charge is 2.30. The predicted molar refractivity (Wildman–Crippen MR) is 77.0 cm³/mol. The second-order valence-electron chi connectivity index (χ2n) is 4.07. The monoisotopic (exact) mass is 277 g/mol. The van der Waals surface area contributed by atoms with Gasteiger partial charge in [-0.25, -0.2) is 4.98 Å². The lowest BCUT2D eigenvalue weighted by Gasteiger charge is -2.16. The number of amides is 1. The second-order valence-corrected chi connectivity index (χ2v) is 5.44. The number of para-hydroxylation sites is 1. The fourth-order valence-corrected chi connectivity index (χ4v) is 3.43. The summed E-state index contributed by atoms with van der Waals surface area (Å²) < 4.78 is 1.14. The van der Waals surface area contributed by atoms with Crippen molar-refractivity contribution >= 4 is 49.9 Å². The molecule has 18 heavy (non-hydrogen) atoms. The summed E-state index contributed by atoms with van der Waals surface area (Å²) >= 11 is 6.92. The summed E-state index contributed by atoms with van der Waals surface area (Å²) in [6.07, 6.45) is 0. The molecule has 1 aromatic heterocycles. The molecule has 0 unspecified atom stereocenters. The Morgan fingerprint density at radius 2 is 2.17 bits per heavy atom. The summed E-state index contributed by atoms with van der Waals surface area (Å²) in [5.41, 5.74) is 0.974. The number of thiazole rings is 1. The van der Waals surface area contributed by atoms with Crippen LogP contribution in [-0.4, -0.2) is 34.0 Å². The highest BCUT2D eigenvalue weighted by molar-refractivity contribution is 7.80. The van der Waals surface area contributed by atoms with Crippen LogP contribution in [0.25, 0.3) is 10.2 Å². The summed E-state index contributed by atoms with van der Waals surface area (Å²) in [5, 5.41) is 1.42. The summed E-state index contributed by atoms with van der Waals surface area (Å²) in [7, 11) is 0. The molecule has 92 valence electrons. The van der Waals surface area contributed by atoms with E-state index in [1.807, 2.05) is 29.2 Å². The van der Waals surface area contributed by atoms with Crippen molar-refractivity contribution in [2.75, 3.05) is 18.0 Å². The molecule has 2 heterocycles. The maximum Gasteiger partial charge on any atom is 0.225 e. The molecule has 0 spiro atoms. The number of nitrogens with zero attached hydrogens (tertiary/aromatic N) is 3. The normalized spacial score (nSPS) is 15.7. The lowest BCUT2D eigenvalue weighted by Crippen LogP contribution is -2.34. The number of hydrogen-bond donors (Lipinski definition) is 0. The molecular formula is C12H11N3OS2. The lowest BCUT2D eigenvalue weighted by atomic mass is 10.3. The van der Waals surface area contributed by atoms with Gasteiger partial charge >= 0.3 is 0 Å². The van der Waals surface area contributed by atoms with E-state index in [4.69, 9.17) is 12.2 Å². The van der Waals surface area contributed by atoms with Crippen molar-refractivity contribution in [2.45, 2.75) is 6.92 Å². The van der Waals surface area contributed by atoms with Crippen LogP contribution in [0.15, 0.2) is 24.3 Å². The van der Waals surface area contributed by atoms with Crippen molar-refractivity contribution in [2.24, 2.45) is 0 Å². The van der Waals surface area contributed by atoms with E-state index >= 15 is 0 Å². The van der Waals surface area contributed by atoms with E-state index < -0.39 is 0 Å². The third kappa shape index (κ3) is 1.77. The second kappa shape index (κ2) is 4.29. The molecule has 0 bridgehead atoms. The number of benzene rings is 1. The molecule has 1 saturated heterocycles. The molecule has 1 aliphatic heterocycles. The van der Waals surface area contributed by atoms with E-state index in [1.54, 1.807) is 16.2 Å². The van der Waals surface area contributed by atoms with Gasteiger partial charge in [-0.1, -0.05) is 23.5 Å². The van der Waals surface area contributed by atoms with Crippen molar-refractivity contribution in [1.82, 2.24) is 9.88 Å². The molecule has 1 aromatic carbocycles. The van der Waals surface area contributed by atoms with Crippen LogP contribution in [0.2, 0.25) is 0 Å². The predicted octanol–water partition coefficient (Wildman–Crippen LogP) is 2.25. The van der Waals surface area contributed by atoms with Gasteiger partial charge in [0.2, 0.25) is 5.91 Å². The number of thiocarbonyl (C=S) groups is 1. The van der Waals surface area contributed by atoms with Gasteiger partial charge in [0.1, 0.15) is 0 Å². The highest BCUT2D eigenvalue weighted by atomic mass is 32.1. The van der Waals surface area contributed by atoms with Gasteiger partial charge < -0.3 is 0 Å². The van der Waals surface area contributed by atoms with Crippen molar-refractivity contribution in [3.8, 4) is 0 Å². The van der Waals surface area contributed by atoms with Crippen LogP contribution in [-0.2, 0) is 4.79 Å². The minimum absolute atomic E-state index is 0.0105. The smallest absolute Gasteiger partial charge is 0.225 e. The molecule has 1 amide bonds. The van der Waals surface area contributed by atoms with Crippen molar-refractivity contribution in [1.29, 1.82) is 0 Å². The van der Waals surface area contributed by atoms with E-state index in [9.17, 15) is 4.79 Å². The lowest BCUT2D eigenvalue weighted by molar-refractivity contribution is -0.124. The highest BCUT2D eigenvalue weighted by Crippen LogP contribution is 2.30. The van der Waals surface area contributed by atoms with E-state index in [-0.39, 0.29) is 5.91 Å². The summed E-state index contributed by atoms with van der Waals surface area (Å²) in [4.78, 5) is 19.5. The Morgan fingerprint density at radius 1 is 1.39 bits per heavy atom. The zero-order valence-corrected chi connectivity index (χ0v) is 11.4. The van der Waals surface area contributed by atoms with Gasteiger partial charge in [-0.05, 0) is 24.4 Å². The Labute approximate surface area is 114 Å².